The topological polar surface area (TPSA) is 70.0 Å². The molecule has 5 nitrogen and oxygen atoms in total. The Morgan fingerprint density at radius 2 is 2.14 bits per heavy atom. The van der Waals surface area contributed by atoms with Crippen LogP contribution in [0.4, 0.5) is 0 Å². The van der Waals surface area contributed by atoms with E-state index in [-0.39, 0.29) is 34.9 Å². The lowest BCUT2D eigenvalue weighted by Gasteiger charge is -2.39. The average molecular weight is 301 g/mol. The molecule has 22 heavy (non-hydrogen) atoms. The maximum Gasteiger partial charge on any atom is 0.258 e. The highest BCUT2D eigenvalue weighted by molar-refractivity contribution is 5.97. The van der Waals surface area contributed by atoms with Gasteiger partial charge in [-0.1, -0.05) is 24.3 Å². The van der Waals surface area contributed by atoms with E-state index in [9.17, 15) is 15.0 Å². The minimum Gasteiger partial charge on any atom is -0.508 e. The standard InChI is InChI=1S/C17H19NO4/c19-13-6-7-14(16(20)10-13)17(21)18-8-9-22-11-15(18)12-4-2-1-3-5-12/h1-4,6-7,10,12,15,19-20H,5,8-9,11H2/t12?,15-/m1/s1. The zero-order valence-electron chi connectivity index (χ0n) is 12.2. The van der Waals surface area contributed by atoms with E-state index in [1.165, 1.54) is 18.2 Å². The average Bonchev–Trinajstić information content (AvgIpc) is 2.55. The van der Waals surface area contributed by atoms with E-state index in [0.717, 1.165) is 6.42 Å². The van der Waals surface area contributed by atoms with Gasteiger partial charge in [0.1, 0.15) is 11.5 Å². The molecule has 2 atom stereocenters. The van der Waals surface area contributed by atoms with Gasteiger partial charge in [-0.3, -0.25) is 4.79 Å². The van der Waals surface area contributed by atoms with E-state index in [1.807, 2.05) is 12.2 Å². The number of aromatic hydroxyl groups is 2. The maximum absolute atomic E-state index is 12.8. The van der Waals surface area contributed by atoms with Crippen LogP contribution in [-0.4, -0.2) is 46.8 Å². The third kappa shape index (κ3) is 2.85. The first-order valence-corrected chi connectivity index (χ1v) is 7.41. The van der Waals surface area contributed by atoms with Crippen LogP contribution in [0.2, 0.25) is 0 Å². The van der Waals surface area contributed by atoms with E-state index in [0.29, 0.717) is 19.8 Å². The number of carbonyl (C=O) groups is 1. The maximum atomic E-state index is 12.8. The minimum atomic E-state index is -0.228. The number of hydrogen-bond donors (Lipinski definition) is 2. The van der Waals surface area contributed by atoms with E-state index in [1.54, 1.807) is 4.90 Å². The fourth-order valence-corrected chi connectivity index (χ4v) is 2.97. The van der Waals surface area contributed by atoms with Gasteiger partial charge in [0.2, 0.25) is 0 Å². The van der Waals surface area contributed by atoms with Crippen molar-refractivity contribution in [1.82, 2.24) is 4.90 Å². The number of rotatable bonds is 2. The van der Waals surface area contributed by atoms with Gasteiger partial charge in [-0.15, -0.1) is 0 Å². The second-order valence-corrected chi connectivity index (χ2v) is 5.55. The first kappa shape index (κ1) is 14.7. The first-order valence-electron chi connectivity index (χ1n) is 7.41. The van der Waals surface area contributed by atoms with Crippen molar-refractivity contribution in [3.63, 3.8) is 0 Å². The van der Waals surface area contributed by atoms with Crippen LogP contribution in [0.3, 0.4) is 0 Å². The van der Waals surface area contributed by atoms with Gasteiger partial charge >= 0.3 is 0 Å². The van der Waals surface area contributed by atoms with Crippen LogP contribution < -0.4 is 0 Å². The molecule has 2 N–H and O–H groups in total. The van der Waals surface area contributed by atoms with Crippen LogP contribution in [0.15, 0.2) is 42.5 Å². The largest absolute Gasteiger partial charge is 0.508 e. The van der Waals surface area contributed by atoms with Gasteiger partial charge in [-0.25, -0.2) is 0 Å². The van der Waals surface area contributed by atoms with E-state index in [4.69, 9.17) is 4.74 Å². The molecule has 1 aliphatic carbocycles. The van der Waals surface area contributed by atoms with E-state index < -0.39 is 0 Å². The summed E-state index contributed by atoms with van der Waals surface area (Å²) >= 11 is 0. The lowest BCUT2D eigenvalue weighted by atomic mass is 9.91. The Balaban J connectivity index is 1.85. The molecule has 1 aliphatic heterocycles. The SMILES string of the molecule is O=C(c1ccc(O)cc1O)N1CCOC[C@@H]1C1C=CC=CC1. The molecule has 0 bridgehead atoms. The summed E-state index contributed by atoms with van der Waals surface area (Å²) in [6.45, 7) is 1.48. The number of phenols is 2. The molecule has 1 fully saturated rings. The predicted molar refractivity (Wildman–Crippen MR) is 81.8 cm³/mol. The zero-order chi connectivity index (χ0) is 15.5. The Bertz CT molecular complexity index is 623. The quantitative estimate of drug-likeness (QED) is 0.877. The van der Waals surface area contributed by atoms with Gasteiger partial charge in [-0.2, -0.15) is 0 Å². The summed E-state index contributed by atoms with van der Waals surface area (Å²) in [5.74, 6) is -0.274. The molecule has 1 unspecified atom stereocenters. The highest BCUT2D eigenvalue weighted by atomic mass is 16.5. The Morgan fingerprint density at radius 3 is 2.86 bits per heavy atom. The Kier molecular flexibility index (Phi) is 4.15. The van der Waals surface area contributed by atoms with Crippen LogP contribution in [0.5, 0.6) is 11.5 Å². The molecule has 116 valence electrons. The molecule has 1 saturated heterocycles. The molecule has 1 aromatic rings. The van der Waals surface area contributed by atoms with Crippen molar-refractivity contribution in [2.24, 2.45) is 5.92 Å². The zero-order valence-corrected chi connectivity index (χ0v) is 12.2. The van der Waals surface area contributed by atoms with Crippen molar-refractivity contribution in [3.05, 3.63) is 48.1 Å². The smallest absolute Gasteiger partial charge is 0.258 e. The number of benzene rings is 1. The number of amides is 1. The van der Waals surface area contributed by atoms with Crippen LogP contribution in [0.25, 0.3) is 0 Å². The van der Waals surface area contributed by atoms with Gasteiger partial charge < -0.3 is 19.8 Å². The Morgan fingerprint density at radius 1 is 1.27 bits per heavy atom. The number of allylic oxidation sites excluding steroid dienone is 3. The summed E-state index contributed by atoms with van der Waals surface area (Å²) in [4.78, 5) is 14.5. The number of nitrogens with zero attached hydrogens (tertiary/aromatic N) is 1. The van der Waals surface area contributed by atoms with E-state index in [2.05, 4.69) is 12.2 Å². The monoisotopic (exact) mass is 301 g/mol. The molecule has 0 radical (unpaired) electrons. The number of hydrogen-bond acceptors (Lipinski definition) is 4. The number of ether oxygens (including phenoxy) is 1. The molecule has 3 rings (SSSR count). The predicted octanol–water partition coefficient (Wildman–Crippen LogP) is 2.07. The Hall–Kier alpha value is -2.27. The minimum absolute atomic E-state index is 0.0457. The molecule has 1 amide bonds. The van der Waals surface area contributed by atoms with Crippen molar-refractivity contribution in [2.45, 2.75) is 12.5 Å². The third-order valence-electron chi connectivity index (χ3n) is 4.15. The lowest BCUT2D eigenvalue weighted by molar-refractivity contribution is -0.0140. The normalized spacial score (nSPS) is 24.5. The number of phenolic OH excluding ortho intramolecular Hbond substituents is 2. The van der Waals surface area contributed by atoms with Crippen LogP contribution >= 0.6 is 0 Å². The fourth-order valence-electron chi connectivity index (χ4n) is 2.97. The molecule has 5 heteroatoms. The molecular formula is C17H19NO4. The summed E-state index contributed by atoms with van der Waals surface area (Å²) in [6.07, 6.45) is 9.04. The summed E-state index contributed by atoms with van der Waals surface area (Å²) in [7, 11) is 0. The van der Waals surface area contributed by atoms with Crippen molar-refractivity contribution < 1.29 is 19.7 Å². The molecule has 0 spiro atoms. The molecule has 1 heterocycles. The first-order chi connectivity index (χ1) is 10.7. The third-order valence-corrected chi connectivity index (χ3v) is 4.15. The van der Waals surface area contributed by atoms with E-state index >= 15 is 0 Å². The van der Waals surface area contributed by atoms with Crippen LogP contribution in [0.1, 0.15) is 16.8 Å². The number of morpholine rings is 1. The van der Waals surface area contributed by atoms with Crippen LogP contribution in [-0.2, 0) is 4.74 Å². The molecule has 1 aromatic carbocycles. The van der Waals surface area contributed by atoms with Gasteiger partial charge in [0.25, 0.3) is 5.91 Å². The van der Waals surface area contributed by atoms with Crippen molar-refractivity contribution >= 4 is 5.91 Å². The molecular weight excluding hydrogens is 282 g/mol. The highest BCUT2D eigenvalue weighted by Gasteiger charge is 2.33. The second-order valence-electron chi connectivity index (χ2n) is 5.55. The Labute approximate surface area is 129 Å². The molecule has 2 aliphatic rings. The summed E-state index contributed by atoms with van der Waals surface area (Å²) < 4.78 is 5.55. The fraction of sp³-hybridized carbons (Fsp3) is 0.353. The van der Waals surface area contributed by atoms with Gasteiger partial charge in [-0.05, 0) is 18.6 Å². The van der Waals surface area contributed by atoms with Crippen LogP contribution in [0, 0.1) is 5.92 Å². The van der Waals surface area contributed by atoms with Crippen molar-refractivity contribution in [3.8, 4) is 11.5 Å². The molecule has 0 aromatic heterocycles. The second kappa shape index (κ2) is 6.23. The van der Waals surface area contributed by atoms with Gasteiger partial charge in [0.05, 0.1) is 24.8 Å². The summed E-state index contributed by atoms with van der Waals surface area (Å²) in [6, 6.07) is 4.00. The van der Waals surface area contributed by atoms with Gasteiger partial charge in [0.15, 0.2) is 0 Å². The number of carbonyl (C=O) groups excluding carboxylic acids is 1. The lowest BCUT2D eigenvalue weighted by Crippen LogP contribution is -2.51. The highest BCUT2D eigenvalue weighted by Crippen LogP contribution is 2.28. The molecule has 0 saturated carbocycles. The summed E-state index contributed by atoms with van der Waals surface area (Å²) in [5, 5.41) is 19.3. The van der Waals surface area contributed by atoms with Crippen molar-refractivity contribution in [1.29, 1.82) is 0 Å². The summed E-state index contributed by atoms with van der Waals surface area (Å²) in [5.41, 5.74) is 0.208. The van der Waals surface area contributed by atoms with Gasteiger partial charge in [0, 0.05) is 18.5 Å². The van der Waals surface area contributed by atoms with Crippen molar-refractivity contribution in [2.75, 3.05) is 19.8 Å².